The van der Waals surface area contributed by atoms with Gasteiger partial charge < -0.3 is 19.9 Å². The van der Waals surface area contributed by atoms with E-state index in [-0.39, 0.29) is 12.2 Å². The number of nitrogens with one attached hydrogen (secondary N) is 1. The number of benzene rings is 1. The smallest absolute Gasteiger partial charge is 0.408 e. The number of carbonyl (C=O) groups excluding carboxylic acids is 2. The van der Waals surface area contributed by atoms with Crippen molar-refractivity contribution in [2.24, 2.45) is 0 Å². The number of amides is 1. The van der Waals surface area contributed by atoms with Gasteiger partial charge >= 0.3 is 12.1 Å². The molecule has 1 rings (SSSR count). The largest absolute Gasteiger partial charge is 0.508 e. The molecule has 0 aromatic heterocycles. The van der Waals surface area contributed by atoms with E-state index in [0.29, 0.717) is 5.56 Å². The van der Waals surface area contributed by atoms with Gasteiger partial charge in [-0.05, 0) is 38.5 Å². The average molecular weight is 295 g/mol. The Morgan fingerprint density at radius 2 is 2.00 bits per heavy atom. The molecule has 0 fully saturated rings. The predicted molar refractivity (Wildman–Crippen MR) is 76.9 cm³/mol. The standard InChI is InChI=1S/C15H21NO5/c1-15(2,3)21-14(19)16-12(9-13(18)20-4)10-6-5-7-11(17)8-10/h5-8,12,17H,9H2,1-4H3,(H,16,19)/t12-/m0/s1. The van der Waals surface area contributed by atoms with E-state index >= 15 is 0 Å². The summed E-state index contributed by atoms with van der Waals surface area (Å²) < 4.78 is 9.79. The van der Waals surface area contributed by atoms with Crippen LogP contribution in [0.2, 0.25) is 0 Å². The third-order valence-corrected chi connectivity index (χ3v) is 2.56. The summed E-state index contributed by atoms with van der Waals surface area (Å²) in [6.07, 6.45) is -0.695. The lowest BCUT2D eigenvalue weighted by molar-refractivity contribution is -0.141. The van der Waals surface area contributed by atoms with Crippen molar-refractivity contribution in [2.45, 2.75) is 38.8 Å². The lowest BCUT2D eigenvalue weighted by Gasteiger charge is -2.23. The predicted octanol–water partition coefficient (Wildman–Crippen LogP) is 2.52. The first-order chi connectivity index (χ1) is 9.71. The van der Waals surface area contributed by atoms with Crippen LogP contribution in [0.15, 0.2) is 24.3 Å². The summed E-state index contributed by atoms with van der Waals surface area (Å²) in [7, 11) is 1.27. The van der Waals surface area contributed by atoms with Gasteiger partial charge in [0.2, 0.25) is 0 Å². The molecule has 0 saturated carbocycles. The molecule has 6 heteroatoms. The highest BCUT2D eigenvalue weighted by Gasteiger charge is 2.23. The number of hydrogen-bond acceptors (Lipinski definition) is 5. The molecule has 0 spiro atoms. The molecule has 1 aromatic carbocycles. The second-order valence-corrected chi connectivity index (χ2v) is 5.57. The van der Waals surface area contributed by atoms with Gasteiger partial charge in [-0.2, -0.15) is 0 Å². The van der Waals surface area contributed by atoms with Crippen LogP contribution in [0.3, 0.4) is 0 Å². The van der Waals surface area contributed by atoms with E-state index in [1.165, 1.54) is 19.2 Å². The lowest BCUT2D eigenvalue weighted by atomic mass is 10.0. The topological polar surface area (TPSA) is 84.9 Å². The average Bonchev–Trinajstić information content (AvgIpc) is 2.35. The number of methoxy groups -OCH3 is 1. The molecule has 6 nitrogen and oxygen atoms in total. The van der Waals surface area contributed by atoms with Gasteiger partial charge in [0.25, 0.3) is 0 Å². The van der Waals surface area contributed by atoms with Crippen LogP contribution in [-0.2, 0) is 14.3 Å². The SMILES string of the molecule is COC(=O)C[C@H](NC(=O)OC(C)(C)C)c1cccc(O)c1. The third-order valence-electron chi connectivity index (χ3n) is 2.56. The Labute approximate surface area is 124 Å². The minimum atomic E-state index is -0.640. The molecule has 0 heterocycles. The van der Waals surface area contributed by atoms with Gasteiger partial charge in [0.1, 0.15) is 11.4 Å². The molecule has 0 unspecified atom stereocenters. The Hall–Kier alpha value is -2.24. The molecule has 0 radical (unpaired) electrons. The number of rotatable bonds is 4. The molecule has 0 aliphatic heterocycles. The zero-order valence-corrected chi connectivity index (χ0v) is 12.7. The summed E-state index contributed by atoms with van der Waals surface area (Å²) in [5.74, 6) is -0.423. The lowest BCUT2D eigenvalue weighted by Crippen LogP contribution is -2.35. The van der Waals surface area contributed by atoms with Gasteiger partial charge in [0.05, 0.1) is 19.6 Å². The number of ether oxygens (including phenoxy) is 2. The van der Waals surface area contributed by atoms with Gasteiger partial charge in [-0.15, -0.1) is 0 Å². The van der Waals surface area contributed by atoms with Crippen molar-refractivity contribution < 1.29 is 24.2 Å². The first-order valence-corrected chi connectivity index (χ1v) is 6.56. The summed E-state index contributed by atoms with van der Waals surface area (Å²) in [6.45, 7) is 5.24. The number of esters is 1. The van der Waals surface area contributed by atoms with Gasteiger partial charge in [0, 0.05) is 0 Å². The first kappa shape index (κ1) is 16.8. The Morgan fingerprint density at radius 1 is 1.33 bits per heavy atom. The van der Waals surface area contributed by atoms with E-state index in [2.05, 4.69) is 10.1 Å². The highest BCUT2D eigenvalue weighted by molar-refractivity contribution is 5.73. The van der Waals surface area contributed by atoms with Crippen molar-refractivity contribution in [3.05, 3.63) is 29.8 Å². The second kappa shape index (κ2) is 6.97. The van der Waals surface area contributed by atoms with Crippen molar-refractivity contribution in [1.82, 2.24) is 5.32 Å². The van der Waals surface area contributed by atoms with Crippen LogP contribution in [-0.4, -0.2) is 29.9 Å². The number of phenols is 1. The molecule has 0 saturated heterocycles. The molecule has 1 amide bonds. The summed E-state index contributed by atoms with van der Waals surface area (Å²) in [4.78, 5) is 23.3. The highest BCUT2D eigenvalue weighted by Crippen LogP contribution is 2.22. The molecule has 21 heavy (non-hydrogen) atoms. The van der Waals surface area contributed by atoms with Gasteiger partial charge in [-0.25, -0.2) is 4.79 Å². The molecule has 0 bridgehead atoms. The summed E-state index contributed by atoms with van der Waals surface area (Å²) >= 11 is 0. The summed E-state index contributed by atoms with van der Waals surface area (Å²) in [5.41, 5.74) is -0.0510. The van der Waals surface area contributed by atoms with Crippen LogP contribution in [0.1, 0.15) is 38.8 Å². The quantitative estimate of drug-likeness (QED) is 0.834. The van der Waals surface area contributed by atoms with Crippen molar-refractivity contribution >= 4 is 12.1 Å². The fourth-order valence-corrected chi connectivity index (χ4v) is 1.69. The molecule has 116 valence electrons. The molecular formula is C15H21NO5. The van der Waals surface area contributed by atoms with Crippen molar-refractivity contribution in [3.8, 4) is 5.75 Å². The van der Waals surface area contributed by atoms with Crippen LogP contribution >= 0.6 is 0 Å². The van der Waals surface area contributed by atoms with Crippen molar-refractivity contribution in [1.29, 1.82) is 0 Å². The fraction of sp³-hybridized carbons (Fsp3) is 0.467. The molecule has 1 atom stereocenters. The van der Waals surface area contributed by atoms with Crippen LogP contribution in [0, 0.1) is 0 Å². The molecule has 0 aliphatic rings. The Morgan fingerprint density at radius 3 is 2.52 bits per heavy atom. The zero-order valence-electron chi connectivity index (χ0n) is 12.7. The van der Waals surface area contributed by atoms with Gasteiger partial charge in [-0.1, -0.05) is 12.1 Å². The van der Waals surface area contributed by atoms with Crippen molar-refractivity contribution in [3.63, 3.8) is 0 Å². The highest BCUT2D eigenvalue weighted by atomic mass is 16.6. The maximum absolute atomic E-state index is 11.8. The molecular weight excluding hydrogens is 274 g/mol. The van der Waals surface area contributed by atoms with E-state index in [4.69, 9.17) is 4.74 Å². The normalized spacial score (nSPS) is 12.4. The van der Waals surface area contributed by atoms with Crippen LogP contribution in [0.5, 0.6) is 5.75 Å². The first-order valence-electron chi connectivity index (χ1n) is 6.56. The minimum absolute atomic E-state index is 0.0494. The number of carbonyl (C=O) groups is 2. The van der Waals surface area contributed by atoms with Crippen LogP contribution < -0.4 is 5.32 Å². The van der Waals surface area contributed by atoms with Gasteiger partial charge in [-0.3, -0.25) is 4.79 Å². The fourth-order valence-electron chi connectivity index (χ4n) is 1.69. The Kier molecular flexibility index (Phi) is 5.58. The molecule has 0 aliphatic carbocycles. The van der Waals surface area contributed by atoms with Crippen LogP contribution in [0.4, 0.5) is 4.79 Å². The van der Waals surface area contributed by atoms with Crippen LogP contribution in [0.25, 0.3) is 0 Å². The molecule has 2 N–H and O–H groups in total. The summed E-state index contributed by atoms with van der Waals surface area (Å²) in [6, 6.07) is 5.67. The molecule has 1 aromatic rings. The summed E-state index contributed by atoms with van der Waals surface area (Å²) in [5, 5.41) is 12.1. The minimum Gasteiger partial charge on any atom is -0.508 e. The van der Waals surface area contributed by atoms with E-state index in [1.807, 2.05) is 0 Å². The Bertz CT molecular complexity index is 507. The second-order valence-electron chi connectivity index (χ2n) is 5.57. The number of hydrogen-bond donors (Lipinski definition) is 2. The maximum Gasteiger partial charge on any atom is 0.408 e. The van der Waals surface area contributed by atoms with E-state index in [1.54, 1.807) is 32.9 Å². The van der Waals surface area contributed by atoms with Crippen molar-refractivity contribution in [2.75, 3.05) is 7.11 Å². The zero-order chi connectivity index (χ0) is 16.0. The number of phenolic OH excluding ortho intramolecular Hbond substituents is 1. The number of aromatic hydroxyl groups is 1. The third kappa shape index (κ3) is 6.16. The number of alkyl carbamates (subject to hydrolysis) is 1. The van der Waals surface area contributed by atoms with E-state index < -0.39 is 23.7 Å². The van der Waals surface area contributed by atoms with E-state index in [0.717, 1.165) is 0 Å². The van der Waals surface area contributed by atoms with Gasteiger partial charge in [0.15, 0.2) is 0 Å². The van der Waals surface area contributed by atoms with E-state index in [9.17, 15) is 14.7 Å². The maximum atomic E-state index is 11.8. The monoisotopic (exact) mass is 295 g/mol. The Balaban J connectivity index is 2.87.